The highest BCUT2D eigenvalue weighted by molar-refractivity contribution is 7.89. The summed E-state index contributed by atoms with van der Waals surface area (Å²) >= 11 is 0. The summed E-state index contributed by atoms with van der Waals surface area (Å²) in [5.74, 6) is -0.0890. The molecule has 5 nitrogen and oxygen atoms in total. The Balaban J connectivity index is 2.24. The molecule has 0 spiro atoms. The zero-order valence-corrected chi connectivity index (χ0v) is 14.2. The molecule has 1 N–H and O–H groups in total. The lowest BCUT2D eigenvalue weighted by atomic mass is 10.0. The first-order valence-electron chi connectivity index (χ1n) is 7.79. The predicted molar refractivity (Wildman–Crippen MR) is 87.2 cm³/mol. The van der Waals surface area contributed by atoms with Gasteiger partial charge in [-0.15, -0.1) is 0 Å². The van der Waals surface area contributed by atoms with E-state index in [4.69, 9.17) is 0 Å². The largest absolute Gasteiger partial charge is 0.326 e. The highest BCUT2D eigenvalue weighted by atomic mass is 32.2. The standard InChI is InChI=1S/C16H24N2O3S/c1-4-16(19)17-14-8-10-15(11-9-14)22(20,21)18-12(2)6-5-7-13(18)3/h8-13H,4-7H2,1-3H3,(H,17,19)/t12-,13-/m1/s1. The summed E-state index contributed by atoms with van der Waals surface area (Å²) in [7, 11) is -3.49. The van der Waals surface area contributed by atoms with E-state index in [9.17, 15) is 13.2 Å². The molecule has 1 heterocycles. The number of rotatable bonds is 4. The van der Waals surface area contributed by atoms with E-state index in [0.717, 1.165) is 19.3 Å². The molecule has 1 amide bonds. The van der Waals surface area contributed by atoms with Gasteiger partial charge in [-0.2, -0.15) is 4.31 Å². The molecule has 122 valence electrons. The predicted octanol–water partition coefficient (Wildman–Crippen LogP) is 2.99. The quantitative estimate of drug-likeness (QED) is 0.926. The molecule has 0 aromatic heterocycles. The fraction of sp³-hybridized carbons (Fsp3) is 0.562. The van der Waals surface area contributed by atoms with Crippen molar-refractivity contribution in [1.82, 2.24) is 4.31 Å². The van der Waals surface area contributed by atoms with Gasteiger partial charge in [0, 0.05) is 24.2 Å². The number of piperidine rings is 1. The van der Waals surface area contributed by atoms with Crippen LogP contribution < -0.4 is 5.32 Å². The first kappa shape index (κ1) is 17.0. The molecule has 1 aliphatic rings. The Bertz CT molecular complexity index is 615. The molecule has 1 aromatic carbocycles. The molecule has 0 bridgehead atoms. The summed E-state index contributed by atoms with van der Waals surface area (Å²) in [6.07, 6.45) is 3.25. The lowest BCUT2D eigenvalue weighted by molar-refractivity contribution is -0.115. The number of nitrogens with zero attached hydrogens (tertiary/aromatic N) is 1. The molecule has 0 unspecified atom stereocenters. The molecule has 1 saturated heterocycles. The Morgan fingerprint density at radius 2 is 1.73 bits per heavy atom. The van der Waals surface area contributed by atoms with Crippen molar-refractivity contribution < 1.29 is 13.2 Å². The van der Waals surface area contributed by atoms with Crippen LogP contribution in [0, 0.1) is 0 Å². The van der Waals surface area contributed by atoms with Gasteiger partial charge in [-0.1, -0.05) is 13.3 Å². The molecule has 2 rings (SSSR count). The third kappa shape index (κ3) is 3.50. The molecular formula is C16H24N2O3S. The van der Waals surface area contributed by atoms with E-state index in [1.54, 1.807) is 35.5 Å². The van der Waals surface area contributed by atoms with Crippen molar-refractivity contribution in [2.24, 2.45) is 0 Å². The number of carbonyl (C=O) groups is 1. The number of amides is 1. The van der Waals surface area contributed by atoms with Gasteiger partial charge in [0.05, 0.1) is 4.90 Å². The van der Waals surface area contributed by atoms with Crippen molar-refractivity contribution in [2.75, 3.05) is 5.32 Å². The van der Waals surface area contributed by atoms with Crippen molar-refractivity contribution in [3.05, 3.63) is 24.3 Å². The van der Waals surface area contributed by atoms with Gasteiger partial charge in [-0.05, 0) is 51.0 Å². The van der Waals surface area contributed by atoms with Crippen LogP contribution in [0.3, 0.4) is 0 Å². The highest BCUT2D eigenvalue weighted by Gasteiger charge is 2.35. The number of hydrogen-bond acceptors (Lipinski definition) is 3. The van der Waals surface area contributed by atoms with Gasteiger partial charge in [-0.25, -0.2) is 8.42 Å². The maximum atomic E-state index is 12.8. The molecule has 1 aromatic rings. The van der Waals surface area contributed by atoms with Gasteiger partial charge in [0.2, 0.25) is 15.9 Å². The van der Waals surface area contributed by atoms with Crippen LogP contribution in [-0.2, 0) is 14.8 Å². The van der Waals surface area contributed by atoms with E-state index >= 15 is 0 Å². The van der Waals surface area contributed by atoms with Crippen molar-refractivity contribution >= 4 is 21.6 Å². The normalized spacial score (nSPS) is 23.2. The second-order valence-corrected chi connectivity index (χ2v) is 7.73. The first-order valence-corrected chi connectivity index (χ1v) is 9.23. The van der Waals surface area contributed by atoms with Crippen molar-refractivity contribution in [2.45, 2.75) is 63.4 Å². The second-order valence-electron chi connectivity index (χ2n) is 5.89. The van der Waals surface area contributed by atoms with Crippen LogP contribution in [0.2, 0.25) is 0 Å². The molecule has 0 radical (unpaired) electrons. The van der Waals surface area contributed by atoms with Crippen LogP contribution >= 0.6 is 0 Å². The van der Waals surface area contributed by atoms with E-state index in [1.807, 2.05) is 13.8 Å². The number of anilines is 1. The number of nitrogens with one attached hydrogen (secondary N) is 1. The molecule has 0 aliphatic carbocycles. The molecular weight excluding hydrogens is 300 g/mol. The molecule has 1 aliphatic heterocycles. The minimum Gasteiger partial charge on any atom is -0.326 e. The Morgan fingerprint density at radius 3 is 2.23 bits per heavy atom. The van der Waals surface area contributed by atoms with Crippen LogP contribution in [0.5, 0.6) is 0 Å². The van der Waals surface area contributed by atoms with Crippen LogP contribution in [0.4, 0.5) is 5.69 Å². The zero-order chi connectivity index (χ0) is 16.3. The minimum absolute atomic E-state index is 0.0215. The van der Waals surface area contributed by atoms with Gasteiger partial charge in [0.15, 0.2) is 0 Å². The summed E-state index contributed by atoms with van der Waals surface area (Å²) in [4.78, 5) is 11.6. The van der Waals surface area contributed by atoms with Crippen LogP contribution in [0.1, 0.15) is 46.5 Å². The summed E-state index contributed by atoms with van der Waals surface area (Å²) < 4.78 is 27.3. The van der Waals surface area contributed by atoms with Gasteiger partial charge in [0.1, 0.15) is 0 Å². The Labute approximate surface area is 132 Å². The fourth-order valence-corrected chi connectivity index (χ4v) is 4.83. The number of sulfonamides is 1. The topological polar surface area (TPSA) is 66.5 Å². The Morgan fingerprint density at radius 1 is 1.18 bits per heavy atom. The third-order valence-electron chi connectivity index (χ3n) is 4.15. The van der Waals surface area contributed by atoms with Gasteiger partial charge in [0.25, 0.3) is 0 Å². The van der Waals surface area contributed by atoms with Crippen molar-refractivity contribution in [3.63, 3.8) is 0 Å². The first-order chi connectivity index (χ1) is 10.4. The van der Waals surface area contributed by atoms with E-state index in [2.05, 4.69) is 5.32 Å². The highest BCUT2D eigenvalue weighted by Crippen LogP contribution is 2.29. The average molecular weight is 324 g/mol. The summed E-state index contributed by atoms with van der Waals surface area (Å²) in [6.45, 7) is 5.69. The van der Waals surface area contributed by atoms with Crippen molar-refractivity contribution in [1.29, 1.82) is 0 Å². The molecule has 0 saturated carbocycles. The molecule has 6 heteroatoms. The van der Waals surface area contributed by atoms with Crippen molar-refractivity contribution in [3.8, 4) is 0 Å². The van der Waals surface area contributed by atoms with E-state index in [0.29, 0.717) is 12.1 Å². The monoisotopic (exact) mass is 324 g/mol. The molecule has 22 heavy (non-hydrogen) atoms. The second kappa shape index (κ2) is 6.79. The third-order valence-corrected chi connectivity index (χ3v) is 6.29. The maximum Gasteiger partial charge on any atom is 0.243 e. The summed E-state index contributed by atoms with van der Waals surface area (Å²) in [5.41, 5.74) is 0.616. The number of carbonyl (C=O) groups excluding carboxylic acids is 1. The Hall–Kier alpha value is -1.40. The summed E-state index contributed by atoms with van der Waals surface area (Å²) in [5, 5.41) is 2.72. The zero-order valence-electron chi connectivity index (χ0n) is 13.4. The lowest BCUT2D eigenvalue weighted by Gasteiger charge is -2.37. The molecule has 2 atom stereocenters. The van der Waals surface area contributed by atoms with E-state index in [-0.39, 0.29) is 22.9 Å². The minimum atomic E-state index is -3.49. The average Bonchev–Trinajstić information content (AvgIpc) is 2.47. The van der Waals surface area contributed by atoms with Gasteiger partial charge < -0.3 is 5.32 Å². The van der Waals surface area contributed by atoms with Crippen LogP contribution in [-0.4, -0.2) is 30.7 Å². The molecule has 1 fully saturated rings. The number of hydrogen-bond donors (Lipinski definition) is 1. The van der Waals surface area contributed by atoms with Gasteiger partial charge >= 0.3 is 0 Å². The lowest BCUT2D eigenvalue weighted by Crippen LogP contribution is -2.47. The van der Waals surface area contributed by atoms with Crippen LogP contribution in [0.15, 0.2) is 29.2 Å². The maximum absolute atomic E-state index is 12.8. The van der Waals surface area contributed by atoms with E-state index in [1.165, 1.54) is 0 Å². The smallest absolute Gasteiger partial charge is 0.243 e. The fourth-order valence-electron chi connectivity index (χ4n) is 2.95. The summed E-state index contributed by atoms with van der Waals surface area (Å²) in [6, 6.07) is 6.45. The van der Waals surface area contributed by atoms with Crippen LogP contribution in [0.25, 0.3) is 0 Å². The van der Waals surface area contributed by atoms with E-state index < -0.39 is 10.0 Å². The SMILES string of the molecule is CCC(=O)Nc1ccc(S(=O)(=O)N2[C@H](C)CCC[C@H]2C)cc1. The number of benzene rings is 1. The van der Waals surface area contributed by atoms with Gasteiger partial charge in [-0.3, -0.25) is 4.79 Å². The Kier molecular flexibility index (Phi) is 5.24.